The number of rotatable bonds is 7. The summed E-state index contributed by atoms with van der Waals surface area (Å²) < 4.78 is 9.96. The summed E-state index contributed by atoms with van der Waals surface area (Å²) in [5.74, 6) is -0.107. The zero-order chi connectivity index (χ0) is 19.8. The molecule has 2 rings (SSSR count). The Morgan fingerprint density at radius 3 is 2.67 bits per heavy atom. The summed E-state index contributed by atoms with van der Waals surface area (Å²) in [4.78, 5) is 23.4. The van der Waals surface area contributed by atoms with E-state index in [1.165, 1.54) is 38.5 Å². The first-order chi connectivity index (χ1) is 12.9. The van der Waals surface area contributed by atoms with Crippen molar-refractivity contribution in [1.82, 2.24) is 0 Å². The van der Waals surface area contributed by atoms with Gasteiger partial charge >= 0.3 is 0 Å². The van der Waals surface area contributed by atoms with Crippen molar-refractivity contribution >= 4 is 17.6 Å². The Balaban J connectivity index is 2.00. The number of carbonyl (C=O) groups excluding carboxylic acids is 2. The van der Waals surface area contributed by atoms with Gasteiger partial charge in [0.1, 0.15) is 0 Å². The Morgan fingerprint density at radius 2 is 1.96 bits per heavy atom. The number of methoxy groups -OCH3 is 2. The highest BCUT2D eigenvalue weighted by Gasteiger charge is 2.10. The third kappa shape index (κ3) is 5.74. The lowest BCUT2D eigenvalue weighted by molar-refractivity contribution is -0.115. The molecule has 0 unspecified atom stereocenters. The van der Waals surface area contributed by atoms with E-state index in [2.05, 4.69) is 0 Å². The van der Waals surface area contributed by atoms with Gasteiger partial charge in [0, 0.05) is 0 Å². The highest BCUT2D eigenvalue weighted by molar-refractivity contribution is 6.04. The number of hydrogen-bond acceptors (Lipinski definition) is 6. The van der Waals surface area contributed by atoms with E-state index in [0.29, 0.717) is 16.9 Å². The van der Waals surface area contributed by atoms with E-state index in [9.17, 15) is 19.8 Å². The molecule has 0 spiro atoms. The Bertz CT molecular complexity index is 884. The number of allylic oxidation sites excluding steroid dienone is 8. The van der Waals surface area contributed by atoms with Crippen LogP contribution >= 0.6 is 0 Å². The highest BCUT2D eigenvalue weighted by atomic mass is 16.5. The molecule has 1 aliphatic rings. The lowest BCUT2D eigenvalue weighted by Gasteiger charge is -2.06. The van der Waals surface area contributed by atoms with Crippen LogP contribution < -0.4 is 4.74 Å². The maximum atomic E-state index is 12.0. The summed E-state index contributed by atoms with van der Waals surface area (Å²) >= 11 is 0. The lowest BCUT2D eigenvalue weighted by atomic mass is 10.1. The quantitative estimate of drug-likeness (QED) is 0.566. The predicted octanol–water partition coefficient (Wildman–Crippen LogP) is 3.41. The second-order valence-corrected chi connectivity index (χ2v) is 5.64. The first-order valence-electron chi connectivity index (χ1n) is 8.08. The van der Waals surface area contributed by atoms with Crippen LogP contribution in [0, 0.1) is 0 Å². The van der Waals surface area contributed by atoms with E-state index < -0.39 is 0 Å². The average Bonchev–Trinajstić information content (AvgIpc) is 2.66. The lowest BCUT2D eigenvalue weighted by Crippen LogP contribution is -2.04. The van der Waals surface area contributed by atoms with Gasteiger partial charge in [-0.15, -0.1) is 0 Å². The molecule has 1 aromatic carbocycles. The van der Waals surface area contributed by atoms with Gasteiger partial charge in [-0.1, -0.05) is 24.3 Å². The molecule has 0 amide bonds. The number of aliphatic hydroxyl groups is 1. The molecule has 0 atom stereocenters. The Morgan fingerprint density at radius 1 is 1.19 bits per heavy atom. The molecular weight excluding hydrogens is 348 g/mol. The smallest absolute Gasteiger partial charge is 0.220 e. The van der Waals surface area contributed by atoms with Crippen LogP contribution in [0.3, 0.4) is 0 Å². The molecule has 1 aromatic rings. The Hall–Kier alpha value is -3.54. The maximum absolute atomic E-state index is 12.0. The minimum Gasteiger partial charge on any atom is -0.512 e. The summed E-state index contributed by atoms with van der Waals surface area (Å²) in [6, 6.07) is 4.70. The number of ether oxygens (including phenoxy) is 2. The Kier molecular flexibility index (Phi) is 6.77. The first kappa shape index (κ1) is 19.8. The van der Waals surface area contributed by atoms with Crippen molar-refractivity contribution in [2.45, 2.75) is 6.42 Å². The number of aliphatic hydroxyl groups excluding tert-OH is 1. The van der Waals surface area contributed by atoms with Gasteiger partial charge in [-0.25, -0.2) is 0 Å². The van der Waals surface area contributed by atoms with Crippen LogP contribution in [0.5, 0.6) is 11.5 Å². The van der Waals surface area contributed by atoms with Crippen molar-refractivity contribution in [3.63, 3.8) is 0 Å². The van der Waals surface area contributed by atoms with E-state index >= 15 is 0 Å². The fourth-order valence-corrected chi connectivity index (χ4v) is 2.26. The molecule has 0 fully saturated rings. The second kappa shape index (κ2) is 9.24. The molecule has 2 N–H and O–H groups in total. The first-order valence-corrected chi connectivity index (χ1v) is 8.08. The molecule has 1 aliphatic carbocycles. The molecule has 0 bridgehead atoms. The van der Waals surface area contributed by atoms with Gasteiger partial charge in [-0.05, 0) is 47.6 Å². The maximum Gasteiger partial charge on any atom is 0.220 e. The average molecular weight is 368 g/mol. The van der Waals surface area contributed by atoms with Crippen molar-refractivity contribution in [2.24, 2.45) is 0 Å². The van der Waals surface area contributed by atoms with E-state index in [1.807, 2.05) is 0 Å². The molecule has 6 nitrogen and oxygen atoms in total. The fourth-order valence-electron chi connectivity index (χ4n) is 2.26. The van der Waals surface area contributed by atoms with Crippen LogP contribution in [0.4, 0.5) is 0 Å². The van der Waals surface area contributed by atoms with Gasteiger partial charge in [-0.2, -0.15) is 0 Å². The number of aromatic hydroxyl groups is 1. The fraction of sp³-hybridized carbons (Fsp3) is 0.143. The zero-order valence-corrected chi connectivity index (χ0v) is 15.0. The van der Waals surface area contributed by atoms with Gasteiger partial charge in [0.25, 0.3) is 0 Å². The summed E-state index contributed by atoms with van der Waals surface area (Å²) in [6.07, 6.45) is 10.2. The minimum absolute atomic E-state index is 0.0127. The Labute approximate surface area is 157 Å². The zero-order valence-electron chi connectivity index (χ0n) is 15.0. The topological polar surface area (TPSA) is 93.1 Å². The van der Waals surface area contributed by atoms with Crippen molar-refractivity contribution < 1.29 is 29.3 Å². The van der Waals surface area contributed by atoms with Crippen molar-refractivity contribution in [2.75, 3.05) is 14.2 Å². The molecule has 0 heterocycles. The SMILES string of the molecule is COC1=CC(=CC=C(O)CC(=O)C=Cc2ccc(O)c(OC)c2)C=CC1=O. The number of ketones is 2. The largest absolute Gasteiger partial charge is 0.512 e. The molecule has 0 saturated heterocycles. The molecular formula is C21H20O6. The summed E-state index contributed by atoms with van der Waals surface area (Å²) in [5, 5.41) is 19.5. The molecule has 0 aromatic heterocycles. The molecule has 0 radical (unpaired) electrons. The van der Waals surface area contributed by atoms with Crippen LogP contribution in [-0.4, -0.2) is 36.0 Å². The molecule has 6 heteroatoms. The molecule has 0 saturated carbocycles. The summed E-state index contributed by atoms with van der Waals surface area (Å²) in [5.41, 5.74) is 1.34. The number of carbonyl (C=O) groups is 2. The summed E-state index contributed by atoms with van der Waals surface area (Å²) in [7, 11) is 2.84. The van der Waals surface area contributed by atoms with Gasteiger partial charge in [0.05, 0.1) is 26.4 Å². The van der Waals surface area contributed by atoms with Gasteiger partial charge in [-0.3, -0.25) is 9.59 Å². The van der Waals surface area contributed by atoms with Crippen LogP contribution in [0.15, 0.2) is 71.7 Å². The van der Waals surface area contributed by atoms with Gasteiger partial charge in [0.2, 0.25) is 5.78 Å². The predicted molar refractivity (Wildman–Crippen MR) is 101 cm³/mol. The normalized spacial score (nSPS) is 15.9. The van der Waals surface area contributed by atoms with E-state index in [4.69, 9.17) is 9.47 Å². The second-order valence-electron chi connectivity index (χ2n) is 5.64. The van der Waals surface area contributed by atoms with Crippen LogP contribution in [0.25, 0.3) is 6.08 Å². The number of benzene rings is 1. The van der Waals surface area contributed by atoms with Gasteiger partial charge in [0.15, 0.2) is 23.0 Å². The monoisotopic (exact) mass is 368 g/mol. The van der Waals surface area contributed by atoms with Crippen molar-refractivity contribution in [3.8, 4) is 11.5 Å². The number of phenols is 1. The van der Waals surface area contributed by atoms with E-state index in [0.717, 1.165) is 0 Å². The highest BCUT2D eigenvalue weighted by Crippen LogP contribution is 2.26. The van der Waals surface area contributed by atoms with Crippen LogP contribution in [0.1, 0.15) is 12.0 Å². The van der Waals surface area contributed by atoms with Crippen molar-refractivity contribution in [1.29, 1.82) is 0 Å². The third-order valence-corrected chi connectivity index (χ3v) is 3.68. The summed E-state index contributed by atoms with van der Waals surface area (Å²) in [6.45, 7) is 0. The van der Waals surface area contributed by atoms with E-state index in [-0.39, 0.29) is 35.3 Å². The van der Waals surface area contributed by atoms with E-state index in [1.54, 1.807) is 36.4 Å². The van der Waals surface area contributed by atoms with Crippen LogP contribution in [-0.2, 0) is 14.3 Å². The molecule has 140 valence electrons. The molecule has 0 aliphatic heterocycles. The van der Waals surface area contributed by atoms with Crippen LogP contribution in [0.2, 0.25) is 0 Å². The minimum atomic E-state index is -0.295. The number of phenolic OH excluding ortho intramolecular Hbond substituents is 1. The third-order valence-electron chi connectivity index (χ3n) is 3.68. The molecule has 27 heavy (non-hydrogen) atoms. The number of hydrogen-bond donors (Lipinski definition) is 2. The van der Waals surface area contributed by atoms with Gasteiger partial charge < -0.3 is 19.7 Å². The standard InChI is InChI=1S/C21H20O6/c1-26-20-11-14(5-9-18(20)24)3-7-16(22)13-17(23)8-4-15-6-10-19(25)21(12-15)27-2/h3-12,22,25H,13H2,1-2H3. The van der Waals surface area contributed by atoms with Crippen molar-refractivity contribution in [3.05, 3.63) is 77.3 Å².